The molecule has 0 spiro atoms. The molecule has 0 aliphatic heterocycles. The van der Waals surface area contributed by atoms with Crippen molar-refractivity contribution < 1.29 is 4.42 Å². The second-order valence-electron chi connectivity index (χ2n) is 3.38. The van der Waals surface area contributed by atoms with Crippen molar-refractivity contribution in [2.24, 2.45) is 0 Å². The third-order valence-corrected chi connectivity index (χ3v) is 2.99. The van der Waals surface area contributed by atoms with Gasteiger partial charge in [0.2, 0.25) is 11.8 Å². The van der Waals surface area contributed by atoms with Gasteiger partial charge in [-0.25, -0.2) is 0 Å². The van der Waals surface area contributed by atoms with Crippen molar-refractivity contribution in [3.8, 4) is 11.5 Å². The highest BCUT2D eigenvalue weighted by molar-refractivity contribution is 6.43. The van der Waals surface area contributed by atoms with E-state index in [1.54, 1.807) is 18.2 Å². The molecule has 0 atom stereocenters. The Hall–Kier alpha value is -1.10. The predicted molar refractivity (Wildman–Crippen MR) is 67.1 cm³/mol. The molecular weight excluding hydrogens is 261 g/mol. The van der Waals surface area contributed by atoms with Gasteiger partial charge in [-0.2, -0.15) is 0 Å². The van der Waals surface area contributed by atoms with Crippen LogP contribution in [0.5, 0.6) is 0 Å². The molecule has 0 unspecified atom stereocenters. The maximum atomic E-state index is 6.07. The summed E-state index contributed by atoms with van der Waals surface area (Å²) in [5.41, 5.74) is 0.648. The maximum absolute atomic E-state index is 6.07. The molecule has 2 rings (SSSR count). The zero-order valence-corrected chi connectivity index (χ0v) is 10.7. The van der Waals surface area contributed by atoms with Gasteiger partial charge in [0.25, 0.3) is 0 Å². The van der Waals surface area contributed by atoms with E-state index in [1.165, 1.54) is 0 Å². The number of rotatable bonds is 4. The van der Waals surface area contributed by atoms with Gasteiger partial charge in [-0.05, 0) is 18.7 Å². The zero-order chi connectivity index (χ0) is 12.3. The fourth-order valence-electron chi connectivity index (χ4n) is 1.33. The number of halogens is 2. The Balaban J connectivity index is 2.27. The van der Waals surface area contributed by atoms with Gasteiger partial charge in [-0.1, -0.05) is 36.2 Å². The summed E-state index contributed by atoms with van der Waals surface area (Å²) in [4.78, 5) is 0. The largest absolute Gasteiger partial charge is 0.419 e. The van der Waals surface area contributed by atoms with Crippen molar-refractivity contribution in [2.45, 2.75) is 13.5 Å². The zero-order valence-electron chi connectivity index (χ0n) is 9.20. The first-order chi connectivity index (χ1) is 8.22. The normalized spacial score (nSPS) is 10.8. The molecule has 0 aliphatic carbocycles. The van der Waals surface area contributed by atoms with E-state index in [9.17, 15) is 0 Å². The van der Waals surface area contributed by atoms with Crippen LogP contribution in [0.1, 0.15) is 12.8 Å². The Morgan fingerprint density at radius 1 is 1.29 bits per heavy atom. The minimum Gasteiger partial charge on any atom is -0.419 e. The van der Waals surface area contributed by atoms with Crippen LogP contribution in [-0.4, -0.2) is 16.7 Å². The van der Waals surface area contributed by atoms with E-state index in [1.807, 2.05) is 6.92 Å². The third-order valence-electron chi connectivity index (χ3n) is 2.18. The van der Waals surface area contributed by atoms with Crippen LogP contribution in [-0.2, 0) is 6.54 Å². The predicted octanol–water partition coefficient (Wildman–Crippen LogP) is 3.15. The molecule has 17 heavy (non-hydrogen) atoms. The van der Waals surface area contributed by atoms with Crippen LogP contribution >= 0.6 is 23.2 Å². The molecule has 1 aromatic carbocycles. The molecule has 0 fully saturated rings. The number of benzene rings is 1. The molecule has 1 N–H and O–H groups in total. The van der Waals surface area contributed by atoms with E-state index in [0.717, 1.165) is 6.54 Å². The minimum atomic E-state index is 0.380. The summed E-state index contributed by atoms with van der Waals surface area (Å²) in [6.45, 7) is 3.39. The van der Waals surface area contributed by atoms with Crippen LogP contribution in [0.4, 0.5) is 0 Å². The molecule has 0 saturated heterocycles. The lowest BCUT2D eigenvalue weighted by molar-refractivity contribution is 0.482. The van der Waals surface area contributed by atoms with Gasteiger partial charge in [-0.15, -0.1) is 10.2 Å². The van der Waals surface area contributed by atoms with E-state index < -0.39 is 0 Å². The second-order valence-corrected chi connectivity index (χ2v) is 4.17. The fourth-order valence-corrected chi connectivity index (χ4v) is 1.72. The van der Waals surface area contributed by atoms with Gasteiger partial charge in [0.05, 0.1) is 22.2 Å². The molecule has 0 aliphatic rings. The molecule has 0 saturated carbocycles. The maximum Gasteiger partial charge on any atom is 0.249 e. The van der Waals surface area contributed by atoms with Crippen molar-refractivity contribution in [1.29, 1.82) is 0 Å². The summed E-state index contributed by atoms with van der Waals surface area (Å²) in [5, 5.41) is 11.9. The molecule has 2 aromatic rings. The lowest BCUT2D eigenvalue weighted by Gasteiger charge is -2.00. The van der Waals surface area contributed by atoms with E-state index >= 15 is 0 Å². The van der Waals surface area contributed by atoms with E-state index in [-0.39, 0.29) is 0 Å². The van der Waals surface area contributed by atoms with Crippen LogP contribution in [0.15, 0.2) is 22.6 Å². The molecule has 4 nitrogen and oxygen atoms in total. The summed E-state index contributed by atoms with van der Waals surface area (Å²) in [5.74, 6) is 0.906. The Morgan fingerprint density at radius 2 is 2.12 bits per heavy atom. The van der Waals surface area contributed by atoms with Gasteiger partial charge < -0.3 is 9.73 Å². The molecule has 6 heteroatoms. The van der Waals surface area contributed by atoms with Crippen LogP contribution in [0.25, 0.3) is 11.5 Å². The summed E-state index contributed by atoms with van der Waals surface area (Å²) >= 11 is 12.0. The Kier molecular flexibility index (Phi) is 3.99. The Bertz CT molecular complexity index is 513. The highest BCUT2D eigenvalue weighted by Crippen LogP contribution is 2.32. The number of nitrogens with one attached hydrogen (secondary N) is 1. The topological polar surface area (TPSA) is 51.0 Å². The van der Waals surface area contributed by atoms with Crippen molar-refractivity contribution in [1.82, 2.24) is 15.5 Å². The molecule has 90 valence electrons. The van der Waals surface area contributed by atoms with Gasteiger partial charge >= 0.3 is 0 Å². The monoisotopic (exact) mass is 271 g/mol. The SMILES string of the molecule is CCNCc1nnc(-c2cccc(Cl)c2Cl)o1. The highest BCUT2D eigenvalue weighted by atomic mass is 35.5. The lowest BCUT2D eigenvalue weighted by Crippen LogP contribution is -2.11. The quantitative estimate of drug-likeness (QED) is 0.928. The molecular formula is C11H11Cl2N3O. The minimum absolute atomic E-state index is 0.380. The van der Waals surface area contributed by atoms with Crippen molar-refractivity contribution >= 4 is 23.2 Å². The summed E-state index contributed by atoms with van der Waals surface area (Å²) < 4.78 is 5.48. The Labute approximate surface area is 109 Å². The summed E-state index contributed by atoms with van der Waals surface area (Å²) in [6, 6.07) is 5.29. The lowest BCUT2D eigenvalue weighted by atomic mass is 10.2. The van der Waals surface area contributed by atoms with Crippen molar-refractivity contribution in [3.05, 3.63) is 34.1 Å². The number of hydrogen-bond acceptors (Lipinski definition) is 4. The van der Waals surface area contributed by atoms with Crippen LogP contribution < -0.4 is 5.32 Å². The summed E-state index contributed by atoms with van der Waals surface area (Å²) in [6.07, 6.45) is 0. The third kappa shape index (κ3) is 2.77. The highest BCUT2D eigenvalue weighted by Gasteiger charge is 2.13. The number of aromatic nitrogens is 2. The fraction of sp³-hybridized carbons (Fsp3) is 0.273. The molecule has 0 bridgehead atoms. The smallest absolute Gasteiger partial charge is 0.249 e. The number of hydrogen-bond donors (Lipinski definition) is 1. The second kappa shape index (κ2) is 5.49. The first-order valence-electron chi connectivity index (χ1n) is 5.20. The first-order valence-corrected chi connectivity index (χ1v) is 5.95. The molecule has 1 aromatic heterocycles. The van der Waals surface area contributed by atoms with Gasteiger partial charge in [0, 0.05) is 0 Å². The average molecular weight is 272 g/mol. The van der Waals surface area contributed by atoms with Gasteiger partial charge in [0.1, 0.15) is 0 Å². The standard InChI is InChI=1S/C11H11Cl2N3O/c1-2-14-6-9-15-16-11(17-9)7-4-3-5-8(12)10(7)13/h3-5,14H,2,6H2,1H3. The van der Waals surface area contributed by atoms with Crippen LogP contribution in [0.2, 0.25) is 10.0 Å². The molecule has 0 amide bonds. The van der Waals surface area contributed by atoms with Crippen LogP contribution in [0.3, 0.4) is 0 Å². The van der Waals surface area contributed by atoms with E-state index in [2.05, 4.69) is 15.5 Å². The van der Waals surface area contributed by atoms with E-state index in [4.69, 9.17) is 27.6 Å². The van der Waals surface area contributed by atoms with Crippen LogP contribution in [0, 0.1) is 0 Å². The Morgan fingerprint density at radius 3 is 2.88 bits per heavy atom. The molecule has 1 heterocycles. The average Bonchev–Trinajstić information content (AvgIpc) is 2.78. The van der Waals surface area contributed by atoms with Gasteiger partial charge in [0.15, 0.2) is 0 Å². The van der Waals surface area contributed by atoms with Crippen molar-refractivity contribution in [3.63, 3.8) is 0 Å². The first kappa shape index (κ1) is 12.4. The summed E-state index contributed by atoms with van der Waals surface area (Å²) in [7, 11) is 0. The number of nitrogens with zero attached hydrogens (tertiary/aromatic N) is 2. The van der Waals surface area contributed by atoms with Crippen molar-refractivity contribution in [2.75, 3.05) is 6.54 Å². The van der Waals surface area contributed by atoms with E-state index in [0.29, 0.717) is 33.9 Å². The van der Waals surface area contributed by atoms with Gasteiger partial charge in [-0.3, -0.25) is 0 Å². The molecule has 0 radical (unpaired) electrons.